The molecule has 0 aliphatic carbocycles. The SMILES string of the molecule is CC(C)[C@@H](CO)Nc1cccc([N+](=O)[O-])c1. The Labute approximate surface area is 94.3 Å². The van der Waals surface area contributed by atoms with E-state index in [2.05, 4.69) is 5.32 Å². The molecule has 0 heterocycles. The maximum Gasteiger partial charge on any atom is 0.271 e. The highest BCUT2D eigenvalue weighted by atomic mass is 16.6. The maximum absolute atomic E-state index is 10.6. The molecule has 5 heteroatoms. The van der Waals surface area contributed by atoms with E-state index in [0.29, 0.717) is 5.69 Å². The molecule has 0 spiro atoms. The number of aliphatic hydroxyl groups is 1. The minimum absolute atomic E-state index is 0.000356. The predicted molar refractivity (Wildman–Crippen MR) is 62.4 cm³/mol. The first-order valence-corrected chi connectivity index (χ1v) is 5.16. The minimum Gasteiger partial charge on any atom is -0.394 e. The summed E-state index contributed by atoms with van der Waals surface area (Å²) in [6.07, 6.45) is 0. The zero-order chi connectivity index (χ0) is 12.1. The number of nitrogens with zero attached hydrogens (tertiary/aromatic N) is 1. The van der Waals surface area contributed by atoms with Gasteiger partial charge < -0.3 is 10.4 Å². The van der Waals surface area contributed by atoms with Gasteiger partial charge in [-0.25, -0.2) is 0 Å². The summed E-state index contributed by atoms with van der Waals surface area (Å²) in [5, 5.41) is 22.8. The van der Waals surface area contributed by atoms with E-state index in [-0.39, 0.29) is 24.3 Å². The van der Waals surface area contributed by atoms with Gasteiger partial charge in [-0.3, -0.25) is 10.1 Å². The quantitative estimate of drug-likeness (QED) is 0.592. The molecule has 0 aromatic heterocycles. The number of aliphatic hydroxyl groups excluding tert-OH is 1. The first-order chi connectivity index (χ1) is 7.54. The molecule has 0 saturated heterocycles. The van der Waals surface area contributed by atoms with Crippen LogP contribution in [0.5, 0.6) is 0 Å². The van der Waals surface area contributed by atoms with E-state index in [4.69, 9.17) is 5.11 Å². The third-order valence-electron chi connectivity index (χ3n) is 2.41. The van der Waals surface area contributed by atoms with Gasteiger partial charge >= 0.3 is 0 Å². The Bertz CT molecular complexity index is 366. The lowest BCUT2D eigenvalue weighted by Gasteiger charge is -2.20. The Morgan fingerprint density at radius 3 is 2.69 bits per heavy atom. The van der Waals surface area contributed by atoms with Gasteiger partial charge in [0, 0.05) is 17.8 Å². The van der Waals surface area contributed by atoms with Crippen LogP contribution < -0.4 is 5.32 Å². The highest BCUT2D eigenvalue weighted by Gasteiger charge is 2.13. The van der Waals surface area contributed by atoms with Crippen molar-refractivity contribution in [3.05, 3.63) is 34.4 Å². The summed E-state index contributed by atoms with van der Waals surface area (Å²) in [5.41, 5.74) is 0.701. The second-order valence-electron chi connectivity index (χ2n) is 3.98. The molecular formula is C11H16N2O3. The van der Waals surface area contributed by atoms with Gasteiger partial charge in [0.05, 0.1) is 17.6 Å². The summed E-state index contributed by atoms with van der Waals surface area (Å²) in [5.74, 6) is 0.254. The van der Waals surface area contributed by atoms with Gasteiger partial charge in [-0.15, -0.1) is 0 Å². The van der Waals surface area contributed by atoms with Crippen molar-refractivity contribution in [1.29, 1.82) is 0 Å². The molecule has 0 amide bonds. The summed E-state index contributed by atoms with van der Waals surface area (Å²) in [4.78, 5) is 10.1. The summed E-state index contributed by atoms with van der Waals surface area (Å²) in [7, 11) is 0. The molecule has 0 aliphatic heterocycles. The molecule has 1 aromatic rings. The standard InChI is InChI=1S/C11H16N2O3/c1-8(2)11(7-14)12-9-4-3-5-10(6-9)13(15)16/h3-6,8,11-12,14H,7H2,1-2H3/t11-/m1/s1. The largest absolute Gasteiger partial charge is 0.394 e. The van der Waals surface area contributed by atoms with Crippen LogP contribution >= 0.6 is 0 Å². The second kappa shape index (κ2) is 5.46. The first kappa shape index (κ1) is 12.4. The van der Waals surface area contributed by atoms with Crippen molar-refractivity contribution in [3.8, 4) is 0 Å². The van der Waals surface area contributed by atoms with E-state index in [1.54, 1.807) is 12.1 Å². The van der Waals surface area contributed by atoms with Gasteiger partial charge in [-0.1, -0.05) is 19.9 Å². The lowest BCUT2D eigenvalue weighted by Crippen LogP contribution is -2.29. The van der Waals surface area contributed by atoms with Crippen LogP contribution in [0.3, 0.4) is 0 Å². The molecule has 0 unspecified atom stereocenters. The maximum atomic E-state index is 10.6. The number of anilines is 1. The number of hydrogen-bond acceptors (Lipinski definition) is 4. The average Bonchev–Trinajstić information content (AvgIpc) is 2.25. The second-order valence-corrected chi connectivity index (χ2v) is 3.98. The van der Waals surface area contributed by atoms with Gasteiger partial charge in [0.2, 0.25) is 0 Å². The van der Waals surface area contributed by atoms with E-state index < -0.39 is 4.92 Å². The van der Waals surface area contributed by atoms with E-state index in [1.165, 1.54) is 12.1 Å². The Hall–Kier alpha value is -1.62. The van der Waals surface area contributed by atoms with Crippen LogP contribution in [-0.2, 0) is 0 Å². The fourth-order valence-electron chi connectivity index (χ4n) is 1.35. The number of hydrogen-bond donors (Lipinski definition) is 2. The fraction of sp³-hybridized carbons (Fsp3) is 0.455. The number of nitro groups is 1. The normalized spacial score (nSPS) is 12.5. The lowest BCUT2D eigenvalue weighted by molar-refractivity contribution is -0.384. The molecule has 0 saturated carbocycles. The van der Waals surface area contributed by atoms with Crippen LogP contribution in [0, 0.1) is 16.0 Å². The van der Waals surface area contributed by atoms with Gasteiger partial charge in [-0.2, -0.15) is 0 Å². The third-order valence-corrected chi connectivity index (χ3v) is 2.41. The molecule has 16 heavy (non-hydrogen) atoms. The predicted octanol–water partition coefficient (Wildman–Crippen LogP) is 2.02. The zero-order valence-electron chi connectivity index (χ0n) is 9.38. The number of nitro benzene ring substituents is 1. The number of non-ortho nitro benzene ring substituents is 1. The van der Waals surface area contributed by atoms with Crippen molar-refractivity contribution >= 4 is 11.4 Å². The van der Waals surface area contributed by atoms with Crippen LogP contribution in [0.4, 0.5) is 11.4 Å². The summed E-state index contributed by atoms with van der Waals surface area (Å²) >= 11 is 0. The number of nitrogens with one attached hydrogen (secondary N) is 1. The molecule has 1 rings (SSSR count). The van der Waals surface area contributed by atoms with Crippen molar-refractivity contribution in [2.45, 2.75) is 19.9 Å². The molecule has 0 radical (unpaired) electrons. The summed E-state index contributed by atoms with van der Waals surface area (Å²) in [6.45, 7) is 3.96. The van der Waals surface area contributed by atoms with Crippen molar-refractivity contribution in [3.63, 3.8) is 0 Å². The van der Waals surface area contributed by atoms with Crippen LogP contribution in [0.2, 0.25) is 0 Å². The third kappa shape index (κ3) is 3.20. The highest BCUT2D eigenvalue weighted by Crippen LogP contribution is 2.19. The van der Waals surface area contributed by atoms with E-state index in [1.807, 2.05) is 13.8 Å². The Morgan fingerprint density at radius 1 is 1.50 bits per heavy atom. The number of benzene rings is 1. The average molecular weight is 224 g/mol. The lowest BCUT2D eigenvalue weighted by atomic mass is 10.1. The molecular weight excluding hydrogens is 208 g/mol. The number of rotatable bonds is 5. The Morgan fingerprint density at radius 2 is 2.19 bits per heavy atom. The van der Waals surface area contributed by atoms with Gasteiger partial charge in [0.15, 0.2) is 0 Å². The van der Waals surface area contributed by atoms with Crippen molar-refractivity contribution in [1.82, 2.24) is 0 Å². The smallest absolute Gasteiger partial charge is 0.271 e. The molecule has 5 nitrogen and oxygen atoms in total. The van der Waals surface area contributed by atoms with Gasteiger partial charge in [0.25, 0.3) is 5.69 Å². The Balaban J connectivity index is 2.80. The molecule has 1 atom stereocenters. The van der Waals surface area contributed by atoms with Crippen LogP contribution in [-0.4, -0.2) is 22.7 Å². The van der Waals surface area contributed by atoms with Crippen LogP contribution in [0.1, 0.15) is 13.8 Å². The molecule has 88 valence electrons. The molecule has 0 fully saturated rings. The van der Waals surface area contributed by atoms with Crippen LogP contribution in [0.15, 0.2) is 24.3 Å². The van der Waals surface area contributed by atoms with E-state index in [9.17, 15) is 10.1 Å². The molecule has 2 N–H and O–H groups in total. The molecule has 0 aliphatic rings. The monoisotopic (exact) mass is 224 g/mol. The first-order valence-electron chi connectivity index (χ1n) is 5.16. The van der Waals surface area contributed by atoms with Crippen molar-refractivity contribution in [2.75, 3.05) is 11.9 Å². The molecule has 0 bridgehead atoms. The van der Waals surface area contributed by atoms with Gasteiger partial charge in [0.1, 0.15) is 0 Å². The summed E-state index contributed by atoms with van der Waals surface area (Å²) < 4.78 is 0. The van der Waals surface area contributed by atoms with Gasteiger partial charge in [-0.05, 0) is 12.0 Å². The van der Waals surface area contributed by atoms with E-state index >= 15 is 0 Å². The van der Waals surface area contributed by atoms with Crippen LogP contribution in [0.25, 0.3) is 0 Å². The van der Waals surface area contributed by atoms with Crippen molar-refractivity contribution in [2.24, 2.45) is 5.92 Å². The highest BCUT2D eigenvalue weighted by molar-refractivity contribution is 5.51. The fourth-order valence-corrected chi connectivity index (χ4v) is 1.35. The zero-order valence-corrected chi connectivity index (χ0v) is 9.38. The topological polar surface area (TPSA) is 75.4 Å². The Kier molecular flexibility index (Phi) is 4.25. The minimum atomic E-state index is -0.436. The molecule has 1 aromatic carbocycles. The van der Waals surface area contributed by atoms with E-state index in [0.717, 1.165) is 0 Å². The van der Waals surface area contributed by atoms with Crippen molar-refractivity contribution < 1.29 is 10.0 Å². The summed E-state index contributed by atoms with van der Waals surface area (Å²) in [6, 6.07) is 6.18.